The Balaban J connectivity index is 1.74. The predicted molar refractivity (Wildman–Crippen MR) is 101 cm³/mol. The molecule has 10 heteroatoms. The van der Waals surface area contributed by atoms with Crippen molar-refractivity contribution in [3.63, 3.8) is 0 Å². The zero-order chi connectivity index (χ0) is 20.6. The lowest BCUT2D eigenvalue weighted by Crippen LogP contribution is -2.44. The second kappa shape index (κ2) is 7.34. The number of carboxylic acids is 1. The molecule has 0 spiro atoms. The van der Waals surface area contributed by atoms with Gasteiger partial charge in [0.05, 0.1) is 30.9 Å². The molecule has 1 aliphatic rings. The molecule has 10 nitrogen and oxygen atoms in total. The van der Waals surface area contributed by atoms with Gasteiger partial charge in [0.2, 0.25) is 5.91 Å². The molecule has 0 aliphatic heterocycles. The summed E-state index contributed by atoms with van der Waals surface area (Å²) in [5.41, 5.74) is 6.20. The van der Waals surface area contributed by atoms with Gasteiger partial charge in [-0.2, -0.15) is 0 Å². The first-order valence-electron chi connectivity index (χ1n) is 9.19. The summed E-state index contributed by atoms with van der Waals surface area (Å²) in [6.45, 7) is 3.50. The average Bonchev–Trinajstić information content (AvgIpc) is 3.16. The molecular weight excluding hydrogens is 364 g/mol. The number of aliphatic carboxylic acids is 1. The van der Waals surface area contributed by atoms with E-state index in [-0.39, 0.29) is 36.7 Å². The number of aliphatic hydroxyl groups is 1. The number of nitrogen functional groups attached to an aromatic ring is 1. The Morgan fingerprint density at radius 1 is 1.29 bits per heavy atom. The van der Waals surface area contributed by atoms with Crippen molar-refractivity contribution in [1.29, 1.82) is 0 Å². The highest BCUT2D eigenvalue weighted by atomic mass is 16.4. The normalized spacial score (nSPS) is 22.5. The first kappa shape index (κ1) is 20.0. The maximum Gasteiger partial charge on any atom is 0.303 e. The third-order valence-electron chi connectivity index (χ3n) is 5.44. The summed E-state index contributed by atoms with van der Waals surface area (Å²) >= 11 is 0. The zero-order valence-corrected chi connectivity index (χ0v) is 16.2. The van der Waals surface area contributed by atoms with Gasteiger partial charge in [0.1, 0.15) is 11.8 Å². The fourth-order valence-corrected chi connectivity index (χ4v) is 3.97. The van der Waals surface area contributed by atoms with Gasteiger partial charge in [-0.15, -0.1) is 0 Å². The van der Waals surface area contributed by atoms with Crippen LogP contribution in [0.15, 0.2) is 12.7 Å². The third kappa shape index (κ3) is 3.77. The van der Waals surface area contributed by atoms with Crippen molar-refractivity contribution in [2.75, 3.05) is 12.8 Å². The molecule has 0 bridgehead atoms. The van der Waals surface area contributed by atoms with Gasteiger partial charge in [0.15, 0.2) is 11.5 Å². The number of aliphatic hydroxyl groups excluding tert-OH is 1. The van der Waals surface area contributed by atoms with E-state index in [1.54, 1.807) is 31.8 Å². The average molecular weight is 390 g/mol. The maximum absolute atomic E-state index is 12.7. The number of carboxylic acid groups (broad SMARTS) is 1. The van der Waals surface area contributed by atoms with E-state index in [4.69, 9.17) is 10.8 Å². The second-order valence-corrected chi connectivity index (χ2v) is 8.20. The number of amides is 1. The van der Waals surface area contributed by atoms with Gasteiger partial charge in [0, 0.05) is 13.5 Å². The highest BCUT2D eigenvalue weighted by Gasteiger charge is 2.41. The van der Waals surface area contributed by atoms with Crippen LogP contribution >= 0.6 is 0 Å². The molecule has 2 aromatic rings. The quantitative estimate of drug-likeness (QED) is 0.657. The number of aromatic nitrogens is 4. The van der Waals surface area contributed by atoms with E-state index in [9.17, 15) is 14.7 Å². The van der Waals surface area contributed by atoms with Crippen LogP contribution in [0.4, 0.5) is 5.82 Å². The molecule has 0 aromatic carbocycles. The zero-order valence-electron chi connectivity index (χ0n) is 16.2. The highest BCUT2D eigenvalue weighted by molar-refractivity contribution is 5.81. The Bertz CT molecular complexity index is 895. The highest BCUT2D eigenvalue weighted by Crippen LogP contribution is 2.36. The van der Waals surface area contributed by atoms with Gasteiger partial charge in [-0.25, -0.2) is 15.0 Å². The van der Waals surface area contributed by atoms with Crippen LogP contribution in [0.2, 0.25) is 0 Å². The van der Waals surface area contributed by atoms with E-state index >= 15 is 0 Å². The summed E-state index contributed by atoms with van der Waals surface area (Å²) in [7, 11) is 1.65. The van der Waals surface area contributed by atoms with Crippen LogP contribution in [0.3, 0.4) is 0 Å². The molecule has 28 heavy (non-hydrogen) atoms. The van der Waals surface area contributed by atoms with Gasteiger partial charge in [-0.3, -0.25) is 9.59 Å². The molecular formula is C18H26N6O4. The summed E-state index contributed by atoms with van der Waals surface area (Å²) in [5.74, 6) is -0.839. The number of fused-ring (bicyclic) bond motifs is 1. The van der Waals surface area contributed by atoms with Crippen molar-refractivity contribution in [2.45, 2.75) is 57.7 Å². The van der Waals surface area contributed by atoms with E-state index in [0.717, 1.165) is 0 Å². The number of nitrogens with two attached hydrogens (primary N) is 1. The number of anilines is 1. The SMILES string of the molecule is CN(C(=O)CC(C)(C)CC(=O)O)[C@H]1CC[C@H](n2cnc3c(N)ncnc32)[C@H]1O. The van der Waals surface area contributed by atoms with Crippen molar-refractivity contribution in [3.05, 3.63) is 12.7 Å². The fourth-order valence-electron chi connectivity index (χ4n) is 3.97. The smallest absolute Gasteiger partial charge is 0.303 e. The maximum atomic E-state index is 12.7. The van der Waals surface area contributed by atoms with Crippen LogP contribution in [0.25, 0.3) is 11.2 Å². The van der Waals surface area contributed by atoms with Crippen LogP contribution in [-0.4, -0.2) is 65.7 Å². The summed E-state index contributed by atoms with van der Waals surface area (Å²) in [5, 5.41) is 19.9. The van der Waals surface area contributed by atoms with Crippen molar-refractivity contribution in [2.24, 2.45) is 5.41 Å². The predicted octanol–water partition coefficient (Wildman–Crippen LogP) is 0.822. The van der Waals surface area contributed by atoms with Crippen LogP contribution in [-0.2, 0) is 9.59 Å². The lowest BCUT2D eigenvalue weighted by atomic mass is 9.85. The Labute approximate surface area is 162 Å². The molecule has 3 rings (SSSR count). The largest absolute Gasteiger partial charge is 0.481 e. The Morgan fingerprint density at radius 2 is 2.00 bits per heavy atom. The molecule has 0 radical (unpaired) electrons. The molecule has 2 heterocycles. The molecule has 0 unspecified atom stereocenters. The van der Waals surface area contributed by atoms with Gasteiger partial charge >= 0.3 is 5.97 Å². The van der Waals surface area contributed by atoms with Crippen molar-refractivity contribution in [3.8, 4) is 0 Å². The molecule has 4 N–H and O–H groups in total. The van der Waals surface area contributed by atoms with Crippen molar-refractivity contribution < 1.29 is 19.8 Å². The van der Waals surface area contributed by atoms with Crippen molar-refractivity contribution in [1.82, 2.24) is 24.4 Å². The monoisotopic (exact) mass is 390 g/mol. The van der Waals surface area contributed by atoms with Crippen LogP contribution in [0.1, 0.15) is 45.6 Å². The molecule has 1 saturated carbocycles. The molecule has 1 aliphatic carbocycles. The third-order valence-corrected chi connectivity index (χ3v) is 5.44. The van der Waals surface area contributed by atoms with Gasteiger partial charge in [-0.1, -0.05) is 13.8 Å². The molecule has 1 amide bonds. The van der Waals surface area contributed by atoms with E-state index < -0.39 is 17.5 Å². The Hall–Kier alpha value is -2.75. The van der Waals surface area contributed by atoms with Gasteiger partial charge in [-0.05, 0) is 18.3 Å². The Kier molecular flexibility index (Phi) is 5.24. The number of hydrogen-bond acceptors (Lipinski definition) is 7. The van der Waals surface area contributed by atoms with E-state index in [1.807, 2.05) is 0 Å². The summed E-state index contributed by atoms with van der Waals surface area (Å²) in [6.07, 6.45) is 3.42. The van der Waals surface area contributed by atoms with Gasteiger partial charge in [0.25, 0.3) is 0 Å². The van der Waals surface area contributed by atoms with E-state index in [2.05, 4.69) is 15.0 Å². The minimum Gasteiger partial charge on any atom is -0.481 e. The lowest BCUT2D eigenvalue weighted by Gasteiger charge is -2.32. The Morgan fingerprint density at radius 3 is 2.68 bits per heavy atom. The summed E-state index contributed by atoms with van der Waals surface area (Å²) < 4.78 is 1.78. The number of carbonyl (C=O) groups excluding carboxylic acids is 1. The molecule has 152 valence electrons. The fraction of sp³-hybridized carbons (Fsp3) is 0.611. The number of rotatable bonds is 6. The number of likely N-dealkylation sites (N-methyl/N-ethyl adjacent to an activating group) is 1. The first-order valence-corrected chi connectivity index (χ1v) is 9.19. The number of nitrogens with zero attached hydrogens (tertiary/aromatic N) is 5. The lowest BCUT2D eigenvalue weighted by molar-refractivity contribution is -0.141. The minimum atomic E-state index is -0.935. The number of imidazole rings is 1. The first-order chi connectivity index (χ1) is 13.1. The second-order valence-electron chi connectivity index (χ2n) is 8.20. The molecule has 0 saturated heterocycles. The summed E-state index contributed by atoms with van der Waals surface area (Å²) in [4.78, 5) is 37.6. The minimum absolute atomic E-state index is 0.0927. The molecule has 2 aromatic heterocycles. The molecule has 3 atom stereocenters. The van der Waals surface area contributed by atoms with Crippen molar-refractivity contribution >= 4 is 28.9 Å². The number of carbonyl (C=O) groups is 2. The standard InChI is InChI=1S/C18H26N6O4/c1-18(2,7-13(26)27)6-12(25)23(3)10-4-5-11(15(10)28)24-9-22-14-16(19)20-8-21-17(14)24/h8-11,15,28H,4-7H2,1-3H3,(H,26,27)(H2,19,20,21)/t10-,11-,15-/m0/s1. The topological polar surface area (TPSA) is 147 Å². The number of hydrogen-bond donors (Lipinski definition) is 3. The van der Waals surface area contributed by atoms with E-state index in [1.165, 1.54) is 11.2 Å². The summed E-state index contributed by atoms with van der Waals surface area (Å²) in [6, 6.07) is -0.652. The van der Waals surface area contributed by atoms with Crippen LogP contribution in [0.5, 0.6) is 0 Å². The van der Waals surface area contributed by atoms with Crippen LogP contribution < -0.4 is 5.73 Å². The molecule has 1 fully saturated rings. The van der Waals surface area contributed by atoms with Crippen LogP contribution in [0, 0.1) is 5.41 Å². The van der Waals surface area contributed by atoms with Gasteiger partial charge < -0.3 is 25.4 Å². The van der Waals surface area contributed by atoms with E-state index in [0.29, 0.717) is 24.0 Å².